The Morgan fingerprint density at radius 1 is 1.24 bits per heavy atom. The third kappa shape index (κ3) is 4.12. The number of oxazole rings is 1. The Kier molecular flexibility index (Phi) is 5.74. The number of hydrogen-bond donors (Lipinski definition) is 0. The lowest BCUT2D eigenvalue weighted by molar-refractivity contribution is -0.384. The molecule has 12 heteroatoms. The first kappa shape index (κ1) is 22.0. The number of fused-ring (bicyclic) bond motifs is 4. The zero-order valence-corrected chi connectivity index (χ0v) is 18.8. The van der Waals surface area contributed by atoms with Crippen LogP contribution in [0.3, 0.4) is 0 Å². The number of benzene rings is 1. The zero-order valence-electron chi connectivity index (χ0n) is 18.0. The number of carbonyl (C=O) groups is 1. The zero-order chi connectivity index (χ0) is 23.8. The Morgan fingerprint density at radius 2 is 2.06 bits per heavy atom. The number of aromatic nitrogens is 3. The van der Waals surface area contributed by atoms with Gasteiger partial charge in [0.25, 0.3) is 11.2 Å². The molecule has 11 nitrogen and oxygen atoms in total. The van der Waals surface area contributed by atoms with Crippen molar-refractivity contribution in [3.63, 3.8) is 0 Å². The number of nitrogens with zero attached hydrogens (tertiary/aromatic N) is 4. The Bertz CT molecular complexity index is 1540. The van der Waals surface area contributed by atoms with Crippen LogP contribution in [0, 0.1) is 10.1 Å². The van der Waals surface area contributed by atoms with Crippen molar-refractivity contribution in [3.8, 4) is 0 Å². The molecule has 0 saturated carbocycles. The number of nitro groups is 1. The second kappa shape index (κ2) is 8.86. The standard InChI is InChI=1S/C22H20N4O7S/c27-19-10-13(23-21-25(19)16-4-1-2-5-18(16)34-21)12-32-20(28)6-3-9-24-15-8-7-14(26(30)31)11-17(15)33-22(24)29/h7-8,10-11H,1-6,9,12H2. The van der Waals surface area contributed by atoms with E-state index >= 15 is 0 Å². The van der Waals surface area contributed by atoms with Crippen molar-refractivity contribution < 1.29 is 18.9 Å². The van der Waals surface area contributed by atoms with Gasteiger partial charge in [0.2, 0.25) is 0 Å². The molecule has 1 aliphatic rings. The van der Waals surface area contributed by atoms with E-state index in [9.17, 15) is 24.5 Å². The van der Waals surface area contributed by atoms with E-state index in [1.807, 2.05) is 0 Å². The van der Waals surface area contributed by atoms with E-state index in [0.29, 0.717) is 22.6 Å². The molecule has 34 heavy (non-hydrogen) atoms. The van der Waals surface area contributed by atoms with Gasteiger partial charge in [-0.15, -0.1) is 11.3 Å². The molecule has 0 saturated heterocycles. The molecule has 4 aromatic rings. The highest BCUT2D eigenvalue weighted by Crippen LogP contribution is 2.28. The topological polar surface area (TPSA) is 139 Å². The summed E-state index contributed by atoms with van der Waals surface area (Å²) in [6.07, 6.45) is 4.35. The third-order valence-corrected chi connectivity index (χ3v) is 6.96. The number of aryl methyl sites for hydroxylation is 3. The highest BCUT2D eigenvalue weighted by Gasteiger charge is 2.19. The molecule has 0 aliphatic heterocycles. The van der Waals surface area contributed by atoms with Crippen molar-refractivity contribution in [3.05, 3.63) is 71.5 Å². The predicted molar refractivity (Wildman–Crippen MR) is 122 cm³/mol. The van der Waals surface area contributed by atoms with Crippen LogP contribution in [0.1, 0.15) is 41.9 Å². The Hall–Kier alpha value is -3.80. The fourth-order valence-corrected chi connectivity index (χ4v) is 5.44. The maximum atomic E-state index is 12.6. The van der Waals surface area contributed by atoms with Crippen LogP contribution in [-0.4, -0.2) is 24.8 Å². The maximum absolute atomic E-state index is 12.6. The molecule has 0 radical (unpaired) electrons. The molecule has 0 unspecified atom stereocenters. The molecule has 1 aliphatic carbocycles. The van der Waals surface area contributed by atoms with E-state index in [0.717, 1.165) is 31.4 Å². The second-order valence-electron chi connectivity index (χ2n) is 8.08. The Labute approximate surface area is 195 Å². The fraction of sp³-hybridized carbons (Fsp3) is 0.364. The molecule has 0 N–H and O–H groups in total. The van der Waals surface area contributed by atoms with Crippen molar-refractivity contribution in [2.45, 2.75) is 51.7 Å². The van der Waals surface area contributed by atoms with Crippen molar-refractivity contribution in [1.29, 1.82) is 0 Å². The van der Waals surface area contributed by atoms with Crippen molar-refractivity contribution in [2.75, 3.05) is 0 Å². The van der Waals surface area contributed by atoms with Gasteiger partial charge in [0.15, 0.2) is 10.5 Å². The lowest BCUT2D eigenvalue weighted by Crippen LogP contribution is -2.19. The highest BCUT2D eigenvalue weighted by molar-refractivity contribution is 7.17. The van der Waals surface area contributed by atoms with Crippen LogP contribution >= 0.6 is 11.3 Å². The summed E-state index contributed by atoms with van der Waals surface area (Å²) in [6, 6.07) is 5.33. The quantitative estimate of drug-likeness (QED) is 0.222. The molecule has 0 atom stereocenters. The molecular weight excluding hydrogens is 464 g/mol. The number of esters is 1. The molecule has 0 bridgehead atoms. The van der Waals surface area contributed by atoms with Gasteiger partial charge in [0, 0.05) is 35.7 Å². The summed E-state index contributed by atoms with van der Waals surface area (Å²) in [5, 5.41) is 10.9. The largest absolute Gasteiger partial charge is 0.459 e. The molecular formula is C22H20N4O7S. The monoisotopic (exact) mass is 484 g/mol. The minimum atomic E-state index is -0.652. The summed E-state index contributed by atoms with van der Waals surface area (Å²) in [4.78, 5) is 53.5. The number of non-ortho nitro benzene ring substituents is 1. The summed E-state index contributed by atoms with van der Waals surface area (Å²) in [7, 11) is 0. The average Bonchev–Trinajstić information content (AvgIpc) is 3.34. The summed E-state index contributed by atoms with van der Waals surface area (Å²) >= 11 is 1.51. The minimum Gasteiger partial charge on any atom is -0.459 e. The van der Waals surface area contributed by atoms with Gasteiger partial charge in [-0.3, -0.25) is 28.7 Å². The molecule has 1 aromatic carbocycles. The molecule has 176 valence electrons. The maximum Gasteiger partial charge on any atom is 0.419 e. The fourth-order valence-electron chi connectivity index (χ4n) is 4.20. The van der Waals surface area contributed by atoms with E-state index < -0.39 is 16.6 Å². The van der Waals surface area contributed by atoms with Gasteiger partial charge >= 0.3 is 11.7 Å². The summed E-state index contributed by atoms with van der Waals surface area (Å²) in [6.45, 7) is 0.0798. The first-order valence-corrected chi connectivity index (χ1v) is 11.7. The summed E-state index contributed by atoms with van der Waals surface area (Å²) < 4.78 is 13.3. The van der Waals surface area contributed by atoms with Gasteiger partial charge in [-0.1, -0.05) is 0 Å². The van der Waals surface area contributed by atoms with Crippen LogP contribution < -0.4 is 11.3 Å². The lowest BCUT2D eigenvalue weighted by Gasteiger charge is -2.10. The number of carbonyl (C=O) groups excluding carboxylic acids is 1. The van der Waals surface area contributed by atoms with Crippen LogP contribution in [0.25, 0.3) is 16.1 Å². The molecule has 3 heterocycles. The second-order valence-corrected chi connectivity index (χ2v) is 9.14. The normalized spacial score (nSPS) is 13.3. The molecule has 0 amide bonds. The smallest absolute Gasteiger partial charge is 0.419 e. The van der Waals surface area contributed by atoms with E-state index in [1.54, 1.807) is 4.40 Å². The number of ether oxygens (including phenoxy) is 1. The van der Waals surface area contributed by atoms with Crippen LogP contribution in [0.2, 0.25) is 0 Å². The van der Waals surface area contributed by atoms with Crippen LogP contribution in [0.5, 0.6) is 0 Å². The Balaban J connectivity index is 1.20. The van der Waals surface area contributed by atoms with Crippen molar-refractivity contribution in [2.24, 2.45) is 0 Å². The highest BCUT2D eigenvalue weighted by atomic mass is 32.1. The molecule has 0 spiro atoms. The lowest BCUT2D eigenvalue weighted by atomic mass is 10.0. The predicted octanol–water partition coefficient (Wildman–Crippen LogP) is 2.97. The van der Waals surface area contributed by atoms with Gasteiger partial charge in [0.1, 0.15) is 6.61 Å². The average molecular weight is 484 g/mol. The molecule has 0 fully saturated rings. The van der Waals surface area contributed by atoms with E-state index in [2.05, 4.69) is 4.98 Å². The minimum absolute atomic E-state index is 0.0423. The molecule has 5 rings (SSSR count). The first-order valence-electron chi connectivity index (χ1n) is 10.9. The summed E-state index contributed by atoms with van der Waals surface area (Å²) in [5.41, 5.74) is 1.64. The molecule has 3 aromatic heterocycles. The van der Waals surface area contributed by atoms with Crippen molar-refractivity contribution >= 4 is 39.1 Å². The van der Waals surface area contributed by atoms with E-state index in [4.69, 9.17) is 9.15 Å². The van der Waals surface area contributed by atoms with Gasteiger partial charge in [-0.05, 0) is 38.2 Å². The number of hydrogen-bond acceptors (Lipinski definition) is 9. The number of thiazole rings is 1. The number of rotatable bonds is 7. The first-order chi connectivity index (χ1) is 16.4. The SMILES string of the molecule is O=C(CCCn1c(=O)oc2cc([N+](=O)[O-])ccc21)OCc1cc(=O)n2c3c(sc2n1)CCCC3. The van der Waals surface area contributed by atoms with Crippen LogP contribution in [0.4, 0.5) is 5.69 Å². The van der Waals surface area contributed by atoms with Gasteiger partial charge in [-0.2, -0.15) is 0 Å². The van der Waals surface area contributed by atoms with Crippen LogP contribution in [0.15, 0.2) is 38.3 Å². The number of nitro benzene ring substituents is 1. The van der Waals surface area contributed by atoms with Crippen molar-refractivity contribution in [1.82, 2.24) is 14.0 Å². The van der Waals surface area contributed by atoms with Gasteiger partial charge in [-0.25, -0.2) is 9.78 Å². The van der Waals surface area contributed by atoms with Crippen LogP contribution in [-0.2, 0) is 35.5 Å². The Morgan fingerprint density at radius 3 is 2.88 bits per heavy atom. The van der Waals surface area contributed by atoms with E-state index in [-0.39, 0.29) is 36.4 Å². The van der Waals surface area contributed by atoms with Gasteiger partial charge in [0.05, 0.1) is 22.2 Å². The van der Waals surface area contributed by atoms with Gasteiger partial charge < -0.3 is 9.15 Å². The third-order valence-electron chi connectivity index (χ3n) is 5.82. The summed E-state index contributed by atoms with van der Waals surface area (Å²) in [5.74, 6) is -1.13. The van der Waals surface area contributed by atoms with E-state index in [1.165, 1.54) is 45.0 Å².